The van der Waals surface area contributed by atoms with Crippen LogP contribution in [0.3, 0.4) is 0 Å². The van der Waals surface area contributed by atoms with Gasteiger partial charge in [-0.2, -0.15) is 0 Å². The molecule has 1 N–H and O–H groups in total. The summed E-state index contributed by atoms with van der Waals surface area (Å²) < 4.78 is 0. The minimum atomic E-state index is -0.129. The van der Waals surface area contributed by atoms with E-state index in [1.165, 1.54) is 19.3 Å². The quantitative estimate of drug-likeness (QED) is 0.787. The molecule has 3 rings (SSSR count). The third-order valence-electron chi connectivity index (χ3n) is 4.46. The van der Waals surface area contributed by atoms with Crippen LogP contribution in [-0.2, 0) is 4.79 Å². The molecule has 1 spiro atoms. The number of carbonyl (C=O) groups excluding carboxylic acids is 1. The zero-order valence-corrected chi connectivity index (χ0v) is 10.3. The van der Waals surface area contributed by atoms with Crippen LogP contribution in [0.1, 0.15) is 52.4 Å². The molecule has 2 aliphatic carbocycles. The summed E-state index contributed by atoms with van der Waals surface area (Å²) in [6, 6.07) is 0.475. The lowest BCUT2D eigenvalue weighted by molar-refractivity contribution is -0.133. The van der Waals surface area contributed by atoms with Crippen LogP contribution in [0.5, 0.6) is 0 Å². The van der Waals surface area contributed by atoms with Gasteiger partial charge in [-0.05, 0) is 38.5 Å². The molecule has 1 heterocycles. The van der Waals surface area contributed by atoms with Crippen LogP contribution < -0.4 is 5.32 Å². The number of rotatable bonds is 4. The van der Waals surface area contributed by atoms with Gasteiger partial charge >= 0.3 is 0 Å². The van der Waals surface area contributed by atoms with Gasteiger partial charge in [0.2, 0.25) is 5.91 Å². The van der Waals surface area contributed by atoms with Crippen LogP contribution in [0, 0.1) is 5.92 Å². The van der Waals surface area contributed by atoms with Crippen molar-refractivity contribution >= 4 is 5.91 Å². The summed E-state index contributed by atoms with van der Waals surface area (Å²) in [5.74, 6) is 1.29. The number of amides is 1. The van der Waals surface area contributed by atoms with E-state index in [0.717, 1.165) is 25.2 Å². The molecule has 90 valence electrons. The lowest BCUT2D eigenvalue weighted by atomic mass is 10.1. The van der Waals surface area contributed by atoms with Crippen molar-refractivity contribution in [1.29, 1.82) is 0 Å². The van der Waals surface area contributed by atoms with Gasteiger partial charge in [-0.25, -0.2) is 0 Å². The molecule has 3 aliphatic rings. The van der Waals surface area contributed by atoms with E-state index in [1.807, 2.05) is 0 Å². The molecule has 2 saturated carbocycles. The molecular weight excluding hydrogens is 200 g/mol. The summed E-state index contributed by atoms with van der Waals surface area (Å²) in [5, 5.41) is 3.49. The highest BCUT2D eigenvalue weighted by atomic mass is 16.2. The first-order valence-electron chi connectivity index (χ1n) is 6.77. The second-order valence-electron chi connectivity index (χ2n) is 5.86. The van der Waals surface area contributed by atoms with E-state index in [0.29, 0.717) is 11.9 Å². The SMILES string of the molecule is CCC(CC1CC1)N1C(=O)C2(CC2)NC1C. The van der Waals surface area contributed by atoms with Gasteiger partial charge in [0, 0.05) is 6.04 Å². The van der Waals surface area contributed by atoms with Crippen molar-refractivity contribution in [3.63, 3.8) is 0 Å². The standard InChI is InChI=1S/C13H22N2O/c1-3-11(8-10-4-5-10)15-9(2)14-13(6-7-13)12(15)16/h9-11,14H,3-8H2,1-2H3. The monoisotopic (exact) mass is 222 g/mol. The predicted molar refractivity (Wildman–Crippen MR) is 62.8 cm³/mol. The lowest BCUT2D eigenvalue weighted by Gasteiger charge is -2.30. The third kappa shape index (κ3) is 1.56. The molecule has 3 nitrogen and oxygen atoms in total. The van der Waals surface area contributed by atoms with Gasteiger partial charge in [0.05, 0.1) is 11.7 Å². The minimum Gasteiger partial charge on any atom is -0.323 e. The Balaban J connectivity index is 1.73. The van der Waals surface area contributed by atoms with Crippen LogP contribution in [-0.4, -0.2) is 28.6 Å². The van der Waals surface area contributed by atoms with E-state index >= 15 is 0 Å². The Bertz CT molecular complexity index is 307. The Kier molecular flexibility index (Phi) is 2.29. The van der Waals surface area contributed by atoms with Crippen LogP contribution >= 0.6 is 0 Å². The zero-order valence-electron chi connectivity index (χ0n) is 10.3. The van der Waals surface area contributed by atoms with Crippen molar-refractivity contribution in [1.82, 2.24) is 10.2 Å². The fourth-order valence-electron chi connectivity index (χ4n) is 3.13. The summed E-state index contributed by atoms with van der Waals surface area (Å²) in [4.78, 5) is 14.5. The number of carbonyl (C=O) groups is 1. The van der Waals surface area contributed by atoms with Crippen molar-refractivity contribution in [2.24, 2.45) is 5.92 Å². The van der Waals surface area contributed by atoms with Crippen LogP contribution in [0.15, 0.2) is 0 Å². The summed E-state index contributed by atoms with van der Waals surface area (Å²) in [7, 11) is 0. The van der Waals surface area contributed by atoms with Gasteiger partial charge in [0.15, 0.2) is 0 Å². The molecule has 0 bridgehead atoms. The smallest absolute Gasteiger partial charge is 0.244 e. The largest absolute Gasteiger partial charge is 0.323 e. The Hall–Kier alpha value is -0.570. The van der Waals surface area contributed by atoms with Crippen molar-refractivity contribution in [2.75, 3.05) is 0 Å². The highest BCUT2D eigenvalue weighted by Crippen LogP contribution is 2.44. The van der Waals surface area contributed by atoms with Crippen molar-refractivity contribution in [3.8, 4) is 0 Å². The highest BCUT2D eigenvalue weighted by Gasteiger charge is 2.59. The molecule has 0 radical (unpaired) electrons. The number of hydrogen-bond acceptors (Lipinski definition) is 2. The molecule has 2 atom stereocenters. The Morgan fingerprint density at radius 3 is 2.62 bits per heavy atom. The van der Waals surface area contributed by atoms with Crippen LogP contribution in [0.25, 0.3) is 0 Å². The maximum absolute atomic E-state index is 12.4. The van der Waals surface area contributed by atoms with Gasteiger partial charge in [0.25, 0.3) is 0 Å². The van der Waals surface area contributed by atoms with E-state index in [-0.39, 0.29) is 11.7 Å². The van der Waals surface area contributed by atoms with Gasteiger partial charge < -0.3 is 4.90 Å². The first kappa shape index (κ1) is 10.6. The molecule has 3 fully saturated rings. The number of hydrogen-bond donors (Lipinski definition) is 1. The Morgan fingerprint density at radius 1 is 1.50 bits per heavy atom. The van der Waals surface area contributed by atoms with E-state index in [9.17, 15) is 4.79 Å². The van der Waals surface area contributed by atoms with E-state index in [4.69, 9.17) is 0 Å². The summed E-state index contributed by atoms with van der Waals surface area (Å²) in [6.07, 6.45) is 7.43. The van der Waals surface area contributed by atoms with Gasteiger partial charge in [-0.15, -0.1) is 0 Å². The van der Waals surface area contributed by atoms with Gasteiger partial charge in [-0.3, -0.25) is 10.1 Å². The molecule has 1 amide bonds. The lowest BCUT2D eigenvalue weighted by Crippen LogP contribution is -2.43. The highest BCUT2D eigenvalue weighted by molar-refractivity contribution is 5.92. The Labute approximate surface area is 97.6 Å². The van der Waals surface area contributed by atoms with Crippen LogP contribution in [0.2, 0.25) is 0 Å². The maximum atomic E-state index is 12.4. The van der Waals surface area contributed by atoms with Crippen molar-refractivity contribution in [2.45, 2.75) is 70.1 Å². The minimum absolute atomic E-state index is 0.129. The fourth-order valence-corrected chi connectivity index (χ4v) is 3.13. The van der Waals surface area contributed by atoms with Gasteiger partial charge in [0.1, 0.15) is 0 Å². The molecule has 2 unspecified atom stereocenters. The number of nitrogens with zero attached hydrogens (tertiary/aromatic N) is 1. The normalized spacial score (nSPS) is 33.5. The predicted octanol–water partition coefficient (Wildman–Crippen LogP) is 1.88. The van der Waals surface area contributed by atoms with E-state index < -0.39 is 0 Å². The average molecular weight is 222 g/mol. The van der Waals surface area contributed by atoms with Gasteiger partial charge in [-0.1, -0.05) is 19.8 Å². The molecule has 16 heavy (non-hydrogen) atoms. The molecular formula is C13H22N2O. The number of nitrogens with one attached hydrogen (secondary N) is 1. The summed E-state index contributed by atoms with van der Waals surface area (Å²) in [6.45, 7) is 4.35. The molecule has 0 aromatic heterocycles. The van der Waals surface area contributed by atoms with E-state index in [2.05, 4.69) is 24.1 Å². The topological polar surface area (TPSA) is 32.3 Å². The third-order valence-corrected chi connectivity index (χ3v) is 4.46. The fraction of sp³-hybridized carbons (Fsp3) is 0.923. The Morgan fingerprint density at radius 2 is 2.19 bits per heavy atom. The van der Waals surface area contributed by atoms with E-state index in [1.54, 1.807) is 0 Å². The first-order valence-corrected chi connectivity index (χ1v) is 6.77. The second kappa shape index (κ2) is 3.46. The molecule has 3 heteroatoms. The summed E-state index contributed by atoms with van der Waals surface area (Å²) in [5.41, 5.74) is -0.129. The molecule has 1 saturated heterocycles. The first-order chi connectivity index (χ1) is 7.66. The average Bonchev–Trinajstić information content (AvgIpc) is 3.11. The summed E-state index contributed by atoms with van der Waals surface area (Å²) >= 11 is 0. The molecule has 0 aromatic rings. The zero-order chi connectivity index (χ0) is 11.3. The van der Waals surface area contributed by atoms with Crippen molar-refractivity contribution in [3.05, 3.63) is 0 Å². The van der Waals surface area contributed by atoms with Crippen molar-refractivity contribution < 1.29 is 4.79 Å². The maximum Gasteiger partial charge on any atom is 0.244 e. The molecule has 0 aromatic carbocycles. The molecule has 1 aliphatic heterocycles. The van der Waals surface area contributed by atoms with Crippen LogP contribution in [0.4, 0.5) is 0 Å². The second-order valence-corrected chi connectivity index (χ2v) is 5.86.